The lowest BCUT2D eigenvalue weighted by Crippen LogP contribution is -2.77. The molecule has 5 aromatic carbocycles. The minimum Gasteiger partial charge on any atom is -0.462 e. The number of carbonyl (C=O) groups is 2. The average Bonchev–Trinajstić information content (AvgIpc) is 1.26. The van der Waals surface area contributed by atoms with Gasteiger partial charge in [0.1, 0.15) is 12.7 Å². The lowest BCUT2D eigenvalue weighted by Gasteiger charge is -2.71. The summed E-state index contributed by atoms with van der Waals surface area (Å²) in [4.78, 5) is 28.3. The number of aliphatic hydroxyl groups excluding tert-OH is 2. The van der Waals surface area contributed by atoms with Crippen LogP contribution in [0.15, 0.2) is 133 Å². The summed E-state index contributed by atoms with van der Waals surface area (Å²) in [5.41, 5.74) is 6.98. The van der Waals surface area contributed by atoms with Crippen LogP contribution in [0.4, 0.5) is 0 Å². The predicted molar refractivity (Wildman–Crippen MR) is 358 cm³/mol. The molecule has 7 nitrogen and oxygen atoms in total. The number of carbonyl (C=O) groups excluding carboxylic acids is 2. The van der Waals surface area contributed by atoms with Crippen LogP contribution in [0, 0.1) is 63.1 Å². The molecule has 0 saturated heterocycles. The van der Waals surface area contributed by atoms with Gasteiger partial charge in [0, 0.05) is 17.4 Å². The van der Waals surface area contributed by atoms with Crippen LogP contribution in [-0.4, -0.2) is 57.8 Å². The molecule has 0 unspecified atom stereocenters. The number of ether oxygens (including phenoxy) is 2. The fraction of sp³-hybridized carbons (Fsp3) is 0.614. The van der Waals surface area contributed by atoms with Crippen molar-refractivity contribution in [3.05, 3.63) is 166 Å². The largest absolute Gasteiger partial charge is 0.462 e. The van der Waals surface area contributed by atoms with E-state index in [-0.39, 0.29) is 47.6 Å². The number of esters is 2. The molecule has 7 heteroatoms. The Morgan fingerprint density at radius 1 is 0.722 bits per heavy atom. The Hall–Kier alpha value is -5.08. The molecule has 478 valence electrons. The van der Waals surface area contributed by atoms with Gasteiger partial charge < -0.3 is 24.8 Å². The maximum absolute atomic E-state index is 15.6. The molecule has 0 amide bonds. The molecule has 7 saturated carbocycles. The van der Waals surface area contributed by atoms with Crippen LogP contribution < -0.4 is 0 Å². The number of hydrogen-bond donors (Lipinski definition) is 3. The molecule has 5 aromatic rings. The maximum Gasteiger partial charge on any atom is 0.331 e. The molecule has 0 bridgehead atoms. The molecule has 10 aliphatic rings. The summed E-state index contributed by atoms with van der Waals surface area (Å²) in [5.74, 6) is 1.04. The average molecular weight is 1210 g/mol. The monoisotopic (exact) mass is 1210 g/mol. The van der Waals surface area contributed by atoms with Gasteiger partial charge in [-0.15, -0.1) is 0 Å². The minimum absolute atomic E-state index is 0.0888. The minimum atomic E-state index is -1.57. The van der Waals surface area contributed by atoms with Gasteiger partial charge in [0.05, 0.1) is 29.1 Å². The quantitative estimate of drug-likeness (QED) is 0.0795. The zero-order valence-electron chi connectivity index (χ0n) is 54.6. The van der Waals surface area contributed by atoms with Crippen molar-refractivity contribution in [2.75, 3.05) is 6.61 Å². The summed E-state index contributed by atoms with van der Waals surface area (Å²) in [6.07, 6.45) is 26.1. The van der Waals surface area contributed by atoms with Crippen molar-refractivity contribution in [1.82, 2.24) is 0 Å². The molecule has 9 aliphatic carbocycles. The van der Waals surface area contributed by atoms with Gasteiger partial charge in [-0.3, -0.25) is 4.79 Å². The Morgan fingerprint density at radius 3 is 2.24 bits per heavy atom. The molecule has 1 aliphatic heterocycles. The van der Waals surface area contributed by atoms with Crippen molar-refractivity contribution < 1.29 is 34.4 Å². The van der Waals surface area contributed by atoms with Gasteiger partial charge in [-0.25, -0.2) is 4.79 Å². The van der Waals surface area contributed by atoms with E-state index >= 15 is 4.79 Å². The SMILES string of the molecule is C[C@H](CCCc1ccccc1)CC[C@H](O)[C@]12[C@@H](O)CC[C@@](C)([C@@H]3CC[C@]45CC6(CCCC6)[C@H]6C[C@]7(c8ccccc8)CCCC[C@@H]7c7ccc8cccc(c8c7[C@H]64)[C@@H]5C3)[C@@H]1[C@H](OC(=O)[C@H]1CCC[C@H](Cc3ccccc3)C1)C[C@@H](C)[C@]2(O)CCC1=CC(=O)OC1. The molecule has 15 rings (SSSR count). The summed E-state index contributed by atoms with van der Waals surface area (Å²) in [6.45, 7) is 7.11. The van der Waals surface area contributed by atoms with Gasteiger partial charge in [-0.1, -0.05) is 187 Å². The number of aliphatic hydroxyl groups is 3. The summed E-state index contributed by atoms with van der Waals surface area (Å²) >= 11 is 0. The molecular weight excluding hydrogens is 1110 g/mol. The second kappa shape index (κ2) is 24.0. The topological polar surface area (TPSA) is 113 Å². The van der Waals surface area contributed by atoms with Crippen molar-refractivity contribution >= 4 is 22.7 Å². The van der Waals surface area contributed by atoms with Gasteiger partial charge in [0.25, 0.3) is 0 Å². The first-order valence-corrected chi connectivity index (χ1v) is 36.5. The third-order valence-electron chi connectivity index (χ3n) is 28.4. The summed E-state index contributed by atoms with van der Waals surface area (Å²) < 4.78 is 12.9. The normalized spacial score (nSPS) is 37.9. The highest BCUT2D eigenvalue weighted by Crippen LogP contribution is 2.81. The van der Waals surface area contributed by atoms with E-state index < -0.39 is 46.6 Å². The first-order chi connectivity index (χ1) is 43.7. The first kappa shape index (κ1) is 61.1. The molecule has 0 aromatic heterocycles. The van der Waals surface area contributed by atoms with E-state index in [0.29, 0.717) is 66.6 Å². The third-order valence-corrected chi connectivity index (χ3v) is 28.4. The van der Waals surface area contributed by atoms with Gasteiger partial charge in [-0.2, -0.15) is 0 Å². The Labute approximate surface area is 538 Å². The van der Waals surface area contributed by atoms with Crippen molar-refractivity contribution in [3.63, 3.8) is 0 Å². The second-order valence-corrected chi connectivity index (χ2v) is 32.5. The molecule has 90 heavy (non-hydrogen) atoms. The van der Waals surface area contributed by atoms with Crippen molar-refractivity contribution in [1.29, 1.82) is 0 Å². The number of benzene rings is 5. The number of rotatable bonds is 17. The Morgan fingerprint density at radius 2 is 1.48 bits per heavy atom. The van der Waals surface area contributed by atoms with Crippen LogP contribution in [0.3, 0.4) is 0 Å². The molecule has 18 atom stereocenters. The van der Waals surface area contributed by atoms with Gasteiger partial charge in [-0.05, 0) is 248 Å². The molecular formula is C83H104O7. The molecule has 7 fully saturated rings. The van der Waals surface area contributed by atoms with Crippen LogP contribution >= 0.6 is 0 Å². The third kappa shape index (κ3) is 9.91. The van der Waals surface area contributed by atoms with Crippen molar-refractivity contribution in [2.24, 2.45) is 63.1 Å². The number of aryl methyl sites for hydroxylation is 1. The summed E-state index contributed by atoms with van der Waals surface area (Å²) in [5, 5.41) is 45.3. The maximum atomic E-state index is 15.6. The predicted octanol–water partition coefficient (Wildman–Crippen LogP) is 17.9. The second-order valence-electron chi connectivity index (χ2n) is 32.5. The first-order valence-electron chi connectivity index (χ1n) is 36.5. The molecule has 2 spiro atoms. The number of hydrogen-bond acceptors (Lipinski definition) is 7. The fourth-order valence-corrected chi connectivity index (χ4v) is 24.6. The standard InChI is InChI=1S/C83H104O7/c1-54(20-17-25-56-21-7-4-8-22-56)33-36-70(84)83-71(85)39-43-78(3,76(83)69(46-55(2)82(83,88)45-37-59-49-72(86)89-52-59)90-77(87)61-28-18-26-58(48-61)47-57-23-9-5-10-24-57)63-38-44-81-53-79(40-15-16-41-79)68-51-80(62-29-11-6-12-30-62)42-14-13-32-66(80)65-35-34-60-27-19-31-64(67(81)50-63)73(60)74(65)75(68)81/h4-12,19,21-24,27,29-31,34-35,49,54-55,58,61,63,66-71,75-76,84-85,88H,13-18,20,25-26,28,32-33,36-48,50-53H2,1-3H3/t54-,55-,58-,61+,63-,66-,67+,68+,69-,70+,71+,75+,76+,78+,80+,81-,82-,83+/m1/s1. The summed E-state index contributed by atoms with van der Waals surface area (Å²) in [7, 11) is 0. The Balaban J connectivity index is 0.842. The van der Waals surface area contributed by atoms with E-state index in [2.05, 4.69) is 142 Å². The number of fused-ring (bicyclic) bond motifs is 5. The van der Waals surface area contributed by atoms with E-state index in [1.807, 2.05) is 0 Å². The summed E-state index contributed by atoms with van der Waals surface area (Å²) in [6, 6.07) is 45.9. The van der Waals surface area contributed by atoms with Crippen LogP contribution in [0.1, 0.15) is 239 Å². The number of cyclic esters (lactones) is 1. The lowest BCUT2D eigenvalue weighted by atomic mass is 9.36. The van der Waals surface area contributed by atoms with Crippen LogP contribution in [-0.2, 0) is 37.3 Å². The van der Waals surface area contributed by atoms with Gasteiger partial charge in [0.2, 0.25) is 0 Å². The molecule has 1 heterocycles. The van der Waals surface area contributed by atoms with Gasteiger partial charge >= 0.3 is 11.9 Å². The highest BCUT2D eigenvalue weighted by atomic mass is 16.5. The van der Waals surface area contributed by atoms with Crippen LogP contribution in [0.5, 0.6) is 0 Å². The van der Waals surface area contributed by atoms with E-state index in [0.717, 1.165) is 89.0 Å². The Kier molecular flexibility index (Phi) is 16.3. The van der Waals surface area contributed by atoms with Crippen molar-refractivity contribution in [3.8, 4) is 0 Å². The molecule has 3 N–H and O–H groups in total. The van der Waals surface area contributed by atoms with Crippen LogP contribution in [0.25, 0.3) is 10.8 Å². The smallest absolute Gasteiger partial charge is 0.331 e. The lowest BCUT2D eigenvalue weighted by molar-refractivity contribution is -0.328. The van der Waals surface area contributed by atoms with Crippen molar-refractivity contribution in [2.45, 2.75) is 248 Å². The Bertz CT molecular complexity index is 3440. The fourth-order valence-electron chi connectivity index (χ4n) is 24.6. The van der Waals surface area contributed by atoms with Gasteiger partial charge in [0.15, 0.2) is 0 Å². The van der Waals surface area contributed by atoms with E-state index in [4.69, 9.17) is 9.47 Å². The van der Waals surface area contributed by atoms with E-state index in [1.54, 1.807) is 33.7 Å². The highest BCUT2D eigenvalue weighted by molar-refractivity contribution is 5.93. The van der Waals surface area contributed by atoms with Crippen LogP contribution in [0.2, 0.25) is 0 Å². The molecule has 0 radical (unpaired) electrons. The zero-order chi connectivity index (χ0) is 61.6. The van der Waals surface area contributed by atoms with E-state index in [1.165, 1.54) is 80.7 Å². The zero-order valence-corrected chi connectivity index (χ0v) is 54.6. The van der Waals surface area contributed by atoms with E-state index in [9.17, 15) is 20.1 Å². The highest BCUT2D eigenvalue weighted by Gasteiger charge is 2.76.